The molecule has 1 rings (SSSR count). The summed E-state index contributed by atoms with van der Waals surface area (Å²) in [4.78, 5) is 0. The molecule has 0 spiro atoms. The lowest BCUT2D eigenvalue weighted by atomic mass is 9.91. The topological polar surface area (TPSA) is 45.0 Å². The maximum Gasteiger partial charge on any atom is 0.126 e. The maximum atomic E-state index is 13.2. The van der Waals surface area contributed by atoms with Crippen molar-refractivity contribution in [2.75, 3.05) is 6.61 Å². The van der Waals surface area contributed by atoms with Crippen molar-refractivity contribution in [1.82, 2.24) is 5.32 Å². The summed E-state index contributed by atoms with van der Waals surface area (Å²) in [6.45, 7) is 8.34. The molecule has 1 N–H and O–H groups in total. The Morgan fingerprint density at radius 1 is 1.43 bits per heavy atom. The fraction of sp³-hybridized carbons (Fsp3) is 0.588. The molecule has 0 aliphatic heterocycles. The third-order valence-corrected chi connectivity index (χ3v) is 3.53. The summed E-state index contributed by atoms with van der Waals surface area (Å²) >= 11 is 0. The largest absolute Gasteiger partial charge is 0.494 e. The SMILES string of the molecule is CCC(C#N)(CCCOc1ccc(F)c(C)c1)NC(C)C. The number of ether oxygens (including phenoxy) is 1. The number of nitrogens with zero attached hydrogens (tertiary/aromatic N) is 1. The van der Waals surface area contributed by atoms with Crippen LogP contribution < -0.4 is 10.1 Å². The van der Waals surface area contributed by atoms with Gasteiger partial charge in [0.2, 0.25) is 0 Å². The quantitative estimate of drug-likeness (QED) is 0.738. The number of nitriles is 1. The second-order valence-corrected chi connectivity index (χ2v) is 5.71. The molecule has 4 heteroatoms. The average molecular weight is 292 g/mol. The Balaban J connectivity index is 2.48. The second kappa shape index (κ2) is 7.99. The van der Waals surface area contributed by atoms with Crippen LogP contribution >= 0.6 is 0 Å². The van der Waals surface area contributed by atoms with E-state index in [0.717, 1.165) is 19.3 Å². The lowest BCUT2D eigenvalue weighted by Gasteiger charge is -2.29. The molecule has 0 aliphatic rings. The van der Waals surface area contributed by atoms with E-state index in [9.17, 15) is 9.65 Å². The number of benzene rings is 1. The standard InChI is InChI=1S/C17H25FN2O/c1-5-17(12-19,20-13(2)3)9-6-10-21-15-7-8-16(18)14(4)11-15/h7-8,11,13,20H,5-6,9-10H2,1-4H3. The van der Waals surface area contributed by atoms with E-state index in [-0.39, 0.29) is 11.9 Å². The van der Waals surface area contributed by atoms with Crippen LogP contribution in [-0.2, 0) is 0 Å². The van der Waals surface area contributed by atoms with E-state index in [1.165, 1.54) is 6.07 Å². The third-order valence-electron chi connectivity index (χ3n) is 3.53. The van der Waals surface area contributed by atoms with E-state index in [1.54, 1.807) is 19.1 Å². The van der Waals surface area contributed by atoms with Crippen molar-refractivity contribution in [2.24, 2.45) is 0 Å². The zero-order valence-corrected chi connectivity index (χ0v) is 13.4. The highest BCUT2D eigenvalue weighted by Gasteiger charge is 2.27. The van der Waals surface area contributed by atoms with Gasteiger partial charge in [0.15, 0.2) is 0 Å². The Kier molecular flexibility index (Phi) is 6.64. The fourth-order valence-electron chi connectivity index (χ4n) is 2.34. The maximum absolute atomic E-state index is 13.2. The minimum atomic E-state index is -0.490. The highest BCUT2D eigenvalue weighted by atomic mass is 19.1. The summed E-state index contributed by atoms with van der Waals surface area (Å²) in [6.07, 6.45) is 2.27. The second-order valence-electron chi connectivity index (χ2n) is 5.71. The van der Waals surface area contributed by atoms with Gasteiger partial charge in [-0.1, -0.05) is 6.92 Å². The van der Waals surface area contributed by atoms with E-state index in [2.05, 4.69) is 11.4 Å². The van der Waals surface area contributed by atoms with Crippen LogP contribution in [0.4, 0.5) is 4.39 Å². The van der Waals surface area contributed by atoms with E-state index in [4.69, 9.17) is 4.74 Å². The van der Waals surface area contributed by atoms with Crippen LogP contribution in [0.5, 0.6) is 5.75 Å². The van der Waals surface area contributed by atoms with Crippen LogP contribution in [0.15, 0.2) is 18.2 Å². The first-order valence-electron chi connectivity index (χ1n) is 7.50. The minimum Gasteiger partial charge on any atom is -0.494 e. The first-order valence-corrected chi connectivity index (χ1v) is 7.50. The molecule has 116 valence electrons. The molecule has 21 heavy (non-hydrogen) atoms. The molecule has 0 amide bonds. The molecule has 1 aromatic carbocycles. The van der Waals surface area contributed by atoms with Gasteiger partial charge in [0, 0.05) is 6.04 Å². The van der Waals surface area contributed by atoms with Crippen molar-refractivity contribution in [2.45, 2.75) is 58.5 Å². The first-order chi connectivity index (χ1) is 9.92. The number of rotatable bonds is 8. The van der Waals surface area contributed by atoms with Gasteiger partial charge >= 0.3 is 0 Å². The third kappa shape index (κ3) is 5.35. The normalized spacial score (nSPS) is 13.8. The van der Waals surface area contributed by atoms with Crippen LogP contribution in [0.25, 0.3) is 0 Å². The molecule has 0 aromatic heterocycles. The van der Waals surface area contributed by atoms with Crippen molar-refractivity contribution in [3.63, 3.8) is 0 Å². The number of halogens is 1. The lowest BCUT2D eigenvalue weighted by Crippen LogP contribution is -2.47. The zero-order valence-electron chi connectivity index (χ0n) is 13.4. The Morgan fingerprint density at radius 2 is 2.14 bits per heavy atom. The predicted molar refractivity (Wildman–Crippen MR) is 82.8 cm³/mol. The molecule has 0 fully saturated rings. The van der Waals surface area contributed by atoms with Gasteiger partial charge in [-0.3, -0.25) is 5.32 Å². The first kappa shape index (κ1) is 17.5. The van der Waals surface area contributed by atoms with Crippen molar-refractivity contribution in [3.05, 3.63) is 29.6 Å². The monoisotopic (exact) mass is 292 g/mol. The van der Waals surface area contributed by atoms with E-state index in [1.807, 2.05) is 20.8 Å². The highest BCUT2D eigenvalue weighted by molar-refractivity contribution is 5.28. The average Bonchev–Trinajstić information content (AvgIpc) is 2.45. The van der Waals surface area contributed by atoms with E-state index in [0.29, 0.717) is 17.9 Å². The summed E-state index contributed by atoms with van der Waals surface area (Å²) in [5.74, 6) is 0.447. The number of aryl methyl sites for hydroxylation is 1. The van der Waals surface area contributed by atoms with Gasteiger partial charge in [-0.15, -0.1) is 0 Å². The van der Waals surface area contributed by atoms with Crippen LogP contribution in [0.3, 0.4) is 0 Å². The molecule has 0 saturated heterocycles. The fourth-order valence-corrected chi connectivity index (χ4v) is 2.34. The molecule has 1 atom stereocenters. The van der Waals surface area contributed by atoms with Gasteiger partial charge in [0.1, 0.15) is 17.1 Å². The molecule has 3 nitrogen and oxygen atoms in total. The summed E-state index contributed by atoms with van der Waals surface area (Å²) < 4.78 is 18.8. The van der Waals surface area contributed by atoms with Crippen LogP contribution in [0.1, 0.15) is 45.6 Å². The Labute approximate surface area is 127 Å². The van der Waals surface area contributed by atoms with Gasteiger partial charge < -0.3 is 4.74 Å². The van der Waals surface area contributed by atoms with Gasteiger partial charge in [-0.2, -0.15) is 5.26 Å². The smallest absolute Gasteiger partial charge is 0.126 e. The van der Waals surface area contributed by atoms with Crippen molar-refractivity contribution >= 4 is 0 Å². The number of hydrogen-bond donors (Lipinski definition) is 1. The molecule has 0 radical (unpaired) electrons. The lowest BCUT2D eigenvalue weighted by molar-refractivity contribution is 0.268. The van der Waals surface area contributed by atoms with Crippen molar-refractivity contribution in [3.8, 4) is 11.8 Å². The Bertz CT molecular complexity index is 496. The predicted octanol–water partition coefficient (Wildman–Crippen LogP) is 3.96. The Hall–Kier alpha value is -1.60. The summed E-state index contributed by atoms with van der Waals surface area (Å²) in [6, 6.07) is 7.40. The van der Waals surface area contributed by atoms with Crippen molar-refractivity contribution in [1.29, 1.82) is 5.26 Å². The molecular weight excluding hydrogens is 267 g/mol. The van der Waals surface area contributed by atoms with Gasteiger partial charge in [0.05, 0.1) is 12.7 Å². The molecule has 0 aliphatic carbocycles. The van der Waals surface area contributed by atoms with Crippen molar-refractivity contribution < 1.29 is 9.13 Å². The molecular formula is C17H25FN2O. The van der Waals surface area contributed by atoms with E-state index < -0.39 is 5.54 Å². The van der Waals surface area contributed by atoms with Crippen LogP contribution in [-0.4, -0.2) is 18.2 Å². The van der Waals surface area contributed by atoms with Crippen LogP contribution in [0, 0.1) is 24.1 Å². The highest BCUT2D eigenvalue weighted by Crippen LogP contribution is 2.19. The molecule has 1 aromatic rings. The summed E-state index contributed by atoms with van der Waals surface area (Å²) in [5, 5.41) is 12.8. The van der Waals surface area contributed by atoms with Crippen LogP contribution in [0.2, 0.25) is 0 Å². The molecule has 0 bridgehead atoms. The van der Waals surface area contributed by atoms with Gasteiger partial charge in [-0.25, -0.2) is 4.39 Å². The number of hydrogen-bond acceptors (Lipinski definition) is 3. The molecule has 0 heterocycles. The molecule has 0 saturated carbocycles. The molecule has 1 unspecified atom stereocenters. The van der Waals surface area contributed by atoms with E-state index >= 15 is 0 Å². The number of nitrogens with one attached hydrogen (secondary N) is 1. The van der Waals surface area contributed by atoms with Gasteiger partial charge in [0.25, 0.3) is 0 Å². The summed E-state index contributed by atoms with van der Waals surface area (Å²) in [7, 11) is 0. The Morgan fingerprint density at radius 3 is 2.67 bits per heavy atom. The minimum absolute atomic E-state index is 0.224. The zero-order chi connectivity index (χ0) is 15.9. The van der Waals surface area contributed by atoms with Gasteiger partial charge in [-0.05, 0) is 63.8 Å². The summed E-state index contributed by atoms with van der Waals surface area (Å²) in [5.41, 5.74) is 0.0878.